The van der Waals surface area contributed by atoms with Gasteiger partial charge in [-0.1, -0.05) is 101 Å². The maximum atomic E-state index is 13.3. The standard InChI is InChI=1S/C32H22BrNO3S/c33-26-15-16-29(37-20-24-12-6-10-22-8-2-4-14-28(22)24)25(17-26)18-30-31(35)34(32(36)38-30)19-23-11-5-9-21-7-1-3-13-27(21)23/h1-18H,19-20H2/b30-18+. The number of halogens is 1. The van der Waals surface area contributed by atoms with Crippen LogP contribution in [0.2, 0.25) is 0 Å². The number of fused-ring (bicyclic) bond motifs is 2. The largest absolute Gasteiger partial charge is 0.488 e. The third-order valence-corrected chi connectivity index (χ3v) is 8.00. The minimum Gasteiger partial charge on any atom is -0.488 e. The molecule has 1 aliphatic rings. The van der Waals surface area contributed by atoms with Crippen molar-refractivity contribution >= 4 is 66.5 Å². The lowest BCUT2D eigenvalue weighted by Crippen LogP contribution is -2.27. The summed E-state index contributed by atoms with van der Waals surface area (Å²) in [4.78, 5) is 27.9. The zero-order valence-electron chi connectivity index (χ0n) is 20.3. The fourth-order valence-electron chi connectivity index (χ4n) is 4.72. The Hall–Kier alpha value is -3.87. The van der Waals surface area contributed by atoms with E-state index in [1.165, 1.54) is 4.90 Å². The third-order valence-electron chi connectivity index (χ3n) is 6.60. The van der Waals surface area contributed by atoms with E-state index in [1.807, 2.05) is 78.9 Å². The van der Waals surface area contributed by atoms with E-state index in [0.29, 0.717) is 17.3 Å². The zero-order valence-corrected chi connectivity index (χ0v) is 22.7. The minimum absolute atomic E-state index is 0.228. The molecule has 2 amide bonds. The van der Waals surface area contributed by atoms with E-state index in [1.54, 1.807) is 6.08 Å². The average molecular weight is 581 g/mol. The van der Waals surface area contributed by atoms with Crippen molar-refractivity contribution in [3.8, 4) is 5.75 Å². The number of carbonyl (C=O) groups excluding carboxylic acids is 2. The van der Waals surface area contributed by atoms with Crippen molar-refractivity contribution < 1.29 is 14.3 Å². The third kappa shape index (κ3) is 4.85. The van der Waals surface area contributed by atoms with Crippen molar-refractivity contribution in [2.45, 2.75) is 13.2 Å². The molecule has 0 N–H and O–H groups in total. The highest BCUT2D eigenvalue weighted by atomic mass is 79.9. The first-order valence-electron chi connectivity index (χ1n) is 12.2. The lowest BCUT2D eigenvalue weighted by Gasteiger charge is -2.14. The summed E-state index contributed by atoms with van der Waals surface area (Å²) in [5.41, 5.74) is 2.75. The lowest BCUT2D eigenvalue weighted by molar-refractivity contribution is -0.123. The van der Waals surface area contributed by atoms with Crippen molar-refractivity contribution in [3.63, 3.8) is 0 Å². The molecule has 1 saturated heterocycles. The molecule has 5 aromatic rings. The van der Waals surface area contributed by atoms with Crippen LogP contribution in [0.15, 0.2) is 113 Å². The number of thioether (sulfide) groups is 1. The highest BCUT2D eigenvalue weighted by molar-refractivity contribution is 9.10. The topological polar surface area (TPSA) is 46.6 Å². The normalized spacial score (nSPS) is 14.7. The first-order chi connectivity index (χ1) is 18.6. The molecule has 0 unspecified atom stereocenters. The second kappa shape index (κ2) is 10.5. The molecule has 1 aliphatic heterocycles. The van der Waals surface area contributed by atoms with Gasteiger partial charge in [-0.2, -0.15) is 0 Å². The summed E-state index contributed by atoms with van der Waals surface area (Å²) in [6.07, 6.45) is 1.75. The molecule has 0 aliphatic carbocycles. The molecular formula is C32H22BrNO3S. The van der Waals surface area contributed by atoms with Crippen LogP contribution in [-0.2, 0) is 17.9 Å². The number of hydrogen-bond donors (Lipinski definition) is 0. The molecule has 0 aromatic heterocycles. The van der Waals surface area contributed by atoms with E-state index in [9.17, 15) is 9.59 Å². The predicted octanol–water partition coefficient (Wildman–Crippen LogP) is 8.57. The van der Waals surface area contributed by atoms with Crippen LogP contribution in [0.25, 0.3) is 27.6 Å². The molecule has 5 aromatic carbocycles. The fourth-order valence-corrected chi connectivity index (χ4v) is 5.92. The monoisotopic (exact) mass is 579 g/mol. The van der Waals surface area contributed by atoms with Crippen molar-refractivity contribution in [1.29, 1.82) is 0 Å². The van der Waals surface area contributed by atoms with Crippen LogP contribution in [0.4, 0.5) is 4.79 Å². The molecule has 186 valence electrons. The van der Waals surface area contributed by atoms with Crippen molar-refractivity contribution in [2.75, 3.05) is 0 Å². The van der Waals surface area contributed by atoms with Gasteiger partial charge in [-0.15, -0.1) is 0 Å². The number of ether oxygens (including phenoxy) is 1. The Labute approximate surface area is 233 Å². The van der Waals surface area contributed by atoms with Gasteiger partial charge in [0.15, 0.2) is 0 Å². The smallest absolute Gasteiger partial charge is 0.293 e. The Morgan fingerprint density at radius 2 is 1.39 bits per heavy atom. The minimum atomic E-state index is -0.298. The van der Waals surface area contributed by atoms with Gasteiger partial charge < -0.3 is 4.74 Å². The van der Waals surface area contributed by atoms with Crippen molar-refractivity contribution in [1.82, 2.24) is 4.90 Å². The Bertz CT molecular complexity index is 1740. The Morgan fingerprint density at radius 3 is 2.13 bits per heavy atom. The maximum absolute atomic E-state index is 13.3. The Balaban J connectivity index is 1.26. The summed E-state index contributed by atoms with van der Waals surface area (Å²) in [5, 5.41) is 4.14. The molecule has 6 rings (SSSR count). The summed E-state index contributed by atoms with van der Waals surface area (Å²) in [5.74, 6) is 0.342. The van der Waals surface area contributed by atoms with Crippen LogP contribution in [0.3, 0.4) is 0 Å². The van der Waals surface area contributed by atoms with Gasteiger partial charge in [0.1, 0.15) is 12.4 Å². The zero-order chi connectivity index (χ0) is 26.1. The number of carbonyl (C=O) groups is 2. The lowest BCUT2D eigenvalue weighted by atomic mass is 10.0. The van der Waals surface area contributed by atoms with Crippen LogP contribution in [0.1, 0.15) is 16.7 Å². The summed E-state index contributed by atoms with van der Waals surface area (Å²) in [6.45, 7) is 0.610. The summed E-state index contributed by atoms with van der Waals surface area (Å²) in [6, 6.07) is 34.0. The number of amides is 2. The van der Waals surface area contributed by atoms with Gasteiger partial charge in [-0.05, 0) is 68.7 Å². The maximum Gasteiger partial charge on any atom is 0.293 e. The number of imide groups is 1. The number of rotatable bonds is 6. The fraction of sp³-hybridized carbons (Fsp3) is 0.0625. The number of benzene rings is 5. The number of hydrogen-bond acceptors (Lipinski definition) is 4. The van der Waals surface area contributed by atoms with E-state index in [-0.39, 0.29) is 17.7 Å². The van der Waals surface area contributed by atoms with Crippen molar-refractivity contribution in [3.05, 3.63) is 129 Å². The summed E-state index contributed by atoms with van der Waals surface area (Å²) in [7, 11) is 0. The molecule has 0 bridgehead atoms. The first kappa shape index (κ1) is 24.5. The molecule has 0 atom stereocenters. The molecule has 0 saturated carbocycles. The number of nitrogens with zero attached hydrogens (tertiary/aromatic N) is 1. The van der Waals surface area contributed by atoms with E-state index in [2.05, 4.69) is 40.2 Å². The van der Waals surface area contributed by atoms with Crippen molar-refractivity contribution in [2.24, 2.45) is 0 Å². The molecule has 0 radical (unpaired) electrons. The van der Waals surface area contributed by atoms with Crippen LogP contribution < -0.4 is 4.74 Å². The second-order valence-corrected chi connectivity index (χ2v) is 10.9. The van der Waals surface area contributed by atoms with E-state index in [4.69, 9.17) is 4.74 Å². The highest BCUT2D eigenvalue weighted by Gasteiger charge is 2.35. The molecule has 1 heterocycles. The molecular weight excluding hydrogens is 558 g/mol. The average Bonchev–Trinajstić information content (AvgIpc) is 3.20. The second-order valence-electron chi connectivity index (χ2n) is 9.02. The van der Waals surface area contributed by atoms with E-state index >= 15 is 0 Å². The molecule has 4 nitrogen and oxygen atoms in total. The molecule has 38 heavy (non-hydrogen) atoms. The van der Waals surface area contributed by atoms with Gasteiger partial charge in [0.2, 0.25) is 0 Å². The van der Waals surface area contributed by atoms with Crippen LogP contribution in [0, 0.1) is 0 Å². The quantitative estimate of drug-likeness (QED) is 0.189. The Morgan fingerprint density at radius 1 is 0.763 bits per heavy atom. The molecule has 1 fully saturated rings. The van der Waals surface area contributed by atoms with Gasteiger partial charge in [0.25, 0.3) is 11.1 Å². The van der Waals surface area contributed by atoms with Crippen LogP contribution >= 0.6 is 27.7 Å². The highest BCUT2D eigenvalue weighted by Crippen LogP contribution is 2.36. The summed E-state index contributed by atoms with van der Waals surface area (Å²) >= 11 is 4.49. The predicted molar refractivity (Wildman–Crippen MR) is 158 cm³/mol. The van der Waals surface area contributed by atoms with Crippen LogP contribution in [-0.4, -0.2) is 16.0 Å². The van der Waals surface area contributed by atoms with Gasteiger partial charge in [-0.25, -0.2) is 0 Å². The van der Waals surface area contributed by atoms with Gasteiger partial charge in [0.05, 0.1) is 11.4 Å². The summed E-state index contributed by atoms with van der Waals surface area (Å²) < 4.78 is 7.10. The first-order valence-corrected chi connectivity index (χ1v) is 13.8. The Kier molecular flexibility index (Phi) is 6.75. The van der Waals surface area contributed by atoms with E-state index in [0.717, 1.165) is 54.5 Å². The molecule has 6 heteroatoms. The SMILES string of the molecule is O=C1S/C(=C/c2cc(Br)ccc2OCc2cccc3ccccc23)C(=O)N1Cc1cccc2ccccc12. The van der Waals surface area contributed by atoms with Gasteiger partial charge in [-0.3, -0.25) is 14.5 Å². The van der Waals surface area contributed by atoms with Gasteiger partial charge in [0, 0.05) is 10.0 Å². The van der Waals surface area contributed by atoms with Gasteiger partial charge >= 0.3 is 0 Å². The van der Waals surface area contributed by atoms with E-state index < -0.39 is 0 Å². The van der Waals surface area contributed by atoms with Crippen LogP contribution in [0.5, 0.6) is 5.75 Å². The molecule has 0 spiro atoms.